The smallest absolute Gasteiger partial charge is 0.208 e. The van der Waals surface area contributed by atoms with Gasteiger partial charge in [-0.05, 0) is 12.8 Å². The zero-order chi connectivity index (χ0) is 8.04. The molecule has 0 spiro atoms. The molecule has 0 aromatic heterocycles. The molecule has 0 aromatic rings. The molecule has 2 N–H and O–H groups in total. The van der Waals surface area contributed by atoms with Crippen molar-refractivity contribution in [3.05, 3.63) is 0 Å². The second-order valence-corrected chi connectivity index (χ2v) is 3.93. The fourth-order valence-corrected chi connectivity index (χ4v) is 1.01. The Bertz CT molecular complexity index is 164. The van der Waals surface area contributed by atoms with Crippen LogP contribution in [-0.4, -0.2) is 32.9 Å². The summed E-state index contributed by atoms with van der Waals surface area (Å²) < 4.78 is 23.2. The third-order valence-corrected chi connectivity index (χ3v) is 1.68. The summed E-state index contributed by atoms with van der Waals surface area (Å²) in [4.78, 5) is 0. The van der Waals surface area contributed by atoms with Crippen LogP contribution in [-0.2, 0) is 10.0 Å². The van der Waals surface area contributed by atoms with Gasteiger partial charge in [0.1, 0.15) is 0 Å². The molecule has 0 atom stereocenters. The topological polar surface area (TPSA) is 66.4 Å². The van der Waals surface area contributed by atoms with Crippen molar-refractivity contribution in [1.82, 2.24) is 4.72 Å². The monoisotopic (exact) mass is 167 g/mol. The van der Waals surface area contributed by atoms with Crippen LogP contribution >= 0.6 is 0 Å². The summed E-state index contributed by atoms with van der Waals surface area (Å²) in [7, 11) is -3.04. The molecule has 0 radical (unpaired) electrons. The molecule has 0 bridgehead atoms. The van der Waals surface area contributed by atoms with Crippen molar-refractivity contribution in [2.75, 3.05) is 19.4 Å². The summed E-state index contributed by atoms with van der Waals surface area (Å²) in [5.74, 6) is 0. The molecule has 5 heteroatoms. The Kier molecular flexibility index (Phi) is 4.59. The highest BCUT2D eigenvalue weighted by Crippen LogP contribution is 1.84. The van der Waals surface area contributed by atoms with Crippen LogP contribution in [0.15, 0.2) is 0 Å². The first-order chi connectivity index (χ1) is 4.56. The van der Waals surface area contributed by atoms with E-state index in [1.54, 1.807) is 0 Å². The lowest BCUT2D eigenvalue weighted by Crippen LogP contribution is -2.22. The van der Waals surface area contributed by atoms with E-state index < -0.39 is 10.0 Å². The molecule has 0 fully saturated rings. The molecule has 4 nitrogen and oxygen atoms in total. The Morgan fingerprint density at radius 2 is 2.00 bits per heavy atom. The molecular weight excluding hydrogens is 154 g/mol. The fourth-order valence-electron chi connectivity index (χ4n) is 0.494. The van der Waals surface area contributed by atoms with Crippen LogP contribution in [0, 0.1) is 0 Å². The molecular formula is C5H13NO3S. The molecule has 10 heavy (non-hydrogen) atoms. The fraction of sp³-hybridized carbons (Fsp3) is 1.00. The number of aliphatic hydroxyl groups is 1. The van der Waals surface area contributed by atoms with Crippen LogP contribution in [0.5, 0.6) is 0 Å². The van der Waals surface area contributed by atoms with Gasteiger partial charge in [-0.2, -0.15) is 0 Å². The average molecular weight is 167 g/mol. The van der Waals surface area contributed by atoms with Crippen LogP contribution in [0.2, 0.25) is 0 Å². The van der Waals surface area contributed by atoms with Crippen molar-refractivity contribution in [3.63, 3.8) is 0 Å². The van der Waals surface area contributed by atoms with E-state index in [0.717, 1.165) is 6.26 Å². The lowest BCUT2D eigenvalue weighted by atomic mass is 10.3. The van der Waals surface area contributed by atoms with Gasteiger partial charge in [0.25, 0.3) is 0 Å². The van der Waals surface area contributed by atoms with Crippen LogP contribution in [0.3, 0.4) is 0 Å². The zero-order valence-electron chi connectivity index (χ0n) is 6.00. The van der Waals surface area contributed by atoms with Gasteiger partial charge in [-0.1, -0.05) is 0 Å². The molecule has 0 aromatic carbocycles. The zero-order valence-corrected chi connectivity index (χ0v) is 6.82. The first kappa shape index (κ1) is 9.87. The number of hydrogen-bond donors (Lipinski definition) is 2. The first-order valence-electron chi connectivity index (χ1n) is 3.12. The predicted octanol–water partition coefficient (Wildman–Crippen LogP) is -0.692. The SMILES string of the molecule is CS(=O)(=O)NCCCCO. The molecule has 0 aliphatic heterocycles. The standard InChI is InChI=1S/C5H13NO3S/c1-10(8,9)6-4-2-3-5-7/h6-7H,2-5H2,1H3. The lowest BCUT2D eigenvalue weighted by Gasteiger charge is -1.98. The van der Waals surface area contributed by atoms with Gasteiger partial charge in [-0.15, -0.1) is 0 Å². The summed E-state index contributed by atoms with van der Waals surface area (Å²) in [6, 6.07) is 0. The Labute approximate surface area is 61.3 Å². The minimum Gasteiger partial charge on any atom is -0.396 e. The predicted molar refractivity (Wildman–Crippen MR) is 39.2 cm³/mol. The number of unbranched alkanes of at least 4 members (excludes halogenated alkanes) is 1. The van der Waals surface area contributed by atoms with E-state index in [-0.39, 0.29) is 6.61 Å². The van der Waals surface area contributed by atoms with Gasteiger partial charge < -0.3 is 5.11 Å². The number of aliphatic hydroxyl groups excluding tert-OH is 1. The molecule has 0 aliphatic rings. The minimum atomic E-state index is -3.04. The maximum atomic E-state index is 10.4. The second kappa shape index (κ2) is 4.65. The van der Waals surface area contributed by atoms with E-state index in [2.05, 4.69) is 4.72 Å². The van der Waals surface area contributed by atoms with Crippen LogP contribution < -0.4 is 4.72 Å². The third-order valence-electron chi connectivity index (χ3n) is 0.949. The van der Waals surface area contributed by atoms with E-state index in [1.165, 1.54) is 0 Å². The van der Waals surface area contributed by atoms with Gasteiger partial charge in [0.05, 0.1) is 6.26 Å². The Hall–Kier alpha value is -0.130. The van der Waals surface area contributed by atoms with Crippen molar-refractivity contribution in [2.24, 2.45) is 0 Å². The van der Waals surface area contributed by atoms with Crippen molar-refractivity contribution in [3.8, 4) is 0 Å². The Balaban J connectivity index is 3.21. The lowest BCUT2D eigenvalue weighted by molar-refractivity contribution is 0.285. The molecule has 0 heterocycles. The summed E-state index contributed by atoms with van der Waals surface area (Å²) in [5, 5.41) is 8.32. The highest BCUT2D eigenvalue weighted by atomic mass is 32.2. The highest BCUT2D eigenvalue weighted by molar-refractivity contribution is 7.88. The van der Waals surface area contributed by atoms with Crippen LogP contribution in [0.1, 0.15) is 12.8 Å². The van der Waals surface area contributed by atoms with Crippen LogP contribution in [0.4, 0.5) is 0 Å². The van der Waals surface area contributed by atoms with Crippen molar-refractivity contribution in [1.29, 1.82) is 0 Å². The number of nitrogens with one attached hydrogen (secondary N) is 1. The molecule has 0 rings (SSSR count). The number of sulfonamides is 1. The summed E-state index contributed by atoms with van der Waals surface area (Å²) >= 11 is 0. The normalized spacial score (nSPS) is 11.8. The van der Waals surface area contributed by atoms with E-state index in [1.807, 2.05) is 0 Å². The highest BCUT2D eigenvalue weighted by Gasteiger charge is 1.97. The summed E-state index contributed by atoms with van der Waals surface area (Å²) in [5.41, 5.74) is 0. The van der Waals surface area contributed by atoms with Gasteiger partial charge >= 0.3 is 0 Å². The molecule has 0 saturated carbocycles. The summed E-state index contributed by atoms with van der Waals surface area (Å²) in [6.07, 6.45) is 2.44. The van der Waals surface area contributed by atoms with E-state index in [4.69, 9.17) is 5.11 Å². The minimum absolute atomic E-state index is 0.117. The van der Waals surface area contributed by atoms with Crippen molar-refractivity contribution >= 4 is 10.0 Å². The molecule has 0 unspecified atom stereocenters. The Morgan fingerprint density at radius 3 is 2.40 bits per heavy atom. The van der Waals surface area contributed by atoms with Crippen LogP contribution in [0.25, 0.3) is 0 Å². The first-order valence-corrected chi connectivity index (χ1v) is 5.01. The van der Waals surface area contributed by atoms with Gasteiger partial charge in [-0.25, -0.2) is 13.1 Å². The van der Waals surface area contributed by atoms with Crippen molar-refractivity contribution < 1.29 is 13.5 Å². The Morgan fingerprint density at radius 1 is 1.40 bits per heavy atom. The molecule has 62 valence electrons. The third kappa shape index (κ3) is 7.87. The van der Waals surface area contributed by atoms with Gasteiger partial charge in [-0.3, -0.25) is 0 Å². The molecule has 0 aliphatic carbocycles. The number of rotatable bonds is 5. The maximum absolute atomic E-state index is 10.4. The largest absolute Gasteiger partial charge is 0.396 e. The summed E-state index contributed by atoms with van der Waals surface area (Å²) in [6.45, 7) is 0.533. The number of hydrogen-bond acceptors (Lipinski definition) is 3. The van der Waals surface area contributed by atoms with E-state index in [9.17, 15) is 8.42 Å². The molecule has 0 amide bonds. The second-order valence-electron chi connectivity index (χ2n) is 2.10. The van der Waals surface area contributed by atoms with E-state index >= 15 is 0 Å². The quantitative estimate of drug-likeness (QED) is 0.532. The molecule has 0 saturated heterocycles. The van der Waals surface area contributed by atoms with Gasteiger partial charge in [0.2, 0.25) is 10.0 Å². The van der Waals surface area contributed by atoms with E-state index in [0.29, 0.717) is 19.4 Å². The van der Waals surface area contributed by atoms with Crippen molar-refractivity contribution in [2.45, 2.75) is 12.8 Å². The maximum Gasteiger partial charge on any atom is 0.208 e. The van der Waals surface area contributed by atoms with Gasteiger partial charge in [0.15, 0.2) is 0 Å². The van der Waals surface area contributed by atoms with Gasteiger partial charge in [0, 0.05) is 13.2 Å². The average Bonchev–Trinajstić information content (AvgIpc) is 1.78.